The number of guanidine groups is 1. The Labute approximate surface area is 145 Å². The summed E-state index contributed by atoms with van der Waals surface area (Å²) in [6, 6.07) is 0. The van der Waals surface area contributed by atoms with Crippen molar-refractivity contribution < 1.29 is 9.47 Å². The first-order valence-electron chi connectivity index (χ1n) is 7.98. The maximum absolute atomic E-state index is 5.67. The SMILES string of the molecule is CN=C(NCCCOCC1CCOC1)NCCC1CC1.I. The summed E-state index contributed by atoms with van der Waals surface area (Å²) in [5.41, 5.74) is 0. The first-order valence-corrected chi connectivity index (χ1v) is 7.98. The number of nitrogens with zero attached hydrogens (tertiary/aromatic N) is 1. The lowest BCUT2D eigenvalue weighted by Crippen LogP contribution is -2.38. The van der Waals surface area contributed by atoms with E-state index in [1.807, 2.05) is 7.05 Å². The molecule has 21 heavy (non-hydrogen) atoms. The zero-order valence-corrected chi connectivity index (χ0v) is 15.4. The summed E-state index contributed by atoms with van der Waals surface area (Å²) in [5.74, 6) is 2.49. The normalized spacial score (nSPS) is 22.0. The quantitative estimate of drug-likeness (QED) is 0.264. The maximum atomic E-state index is 5.67. The van der Waals surface area contributed by atoms with E-state index in [2.05, 4.69) is 15.6 Å². The van der Waals surface area contributed by atoms with Crippen molar-refractivity contribution in [3.8, 4) is 0 Å². The van der Waals surface area contributed by atoms with Crippen LogP contribution < -0.4 is 10.6 Å². The summed E-state index contributed by atoms with van der Waals surface area (Å²) in [5, 5.41) is 6.68. The Morgan fingerprint density at radius 1 is 1.19 bits per heavy atom. The van der Waals surface area contributed by atoms with Crippen molar-refractivity contribution in [1.82, 2.24) is 10.6 Å². The molecule has 0 aromatic heterocycles. The number of rotatable bonds is 9. The third-order valence-electron chi connectivity index (χ3n) is 3.90. The van der Waals surface area contributed by atoms with Gasteiger partial charge in [0.25, 0.3) is 0 Å². The average molecular weight is 411 g/mol. The van der Waals surface area contributed by atoms with Crippen molar-refractivity contribution in [2.24, 2.45) is 16.8 Å². The Morgan fingerprint density at radius 2 is 2.00 bits per heavy atom. The van der Waals surface area contributed by atoms with E-state index in [-0.39, 0.29) is 24.0 Å². The lowest BCUT2D eigenvalue weighted by molar-refractivity contribution is 0.0888. The van der Waals surface area contributed by atoms with E-state index in [1.165, 1.54) is 19.3 Å². The summed E-state index contributed by atoms with van der Waals surface area (Å²) >= 11 is 0. The first kappa shape index (κ1) is 19.0. The van der Waals surface area contributed by atoms with E-state index in [9.17, 15) is 0 Å². The van der Waals surface area contributed by atoms with Gasteiger partial charge in [0, 0.05) is 39.3 Å². The van der Waals surface area contributed by atoms with Gasteiger partial charge in [0.05, 0.1) is 13.2 Å². The minimum Gasteiger partial charge on any atom is -0.381 e. The molecule has 1 saturated carbocycles. The fourth-order valence-electron chi connectivity index (χ4n) is 2.37. The van der Waals surface area contributed by atoms with Crippen LogP contribution >= 0.6 is 24.0 Å². The molecule has 2 rings (SSSR count). The molecule has 0 radical (unpaired) electrons. The Kier molecular flexibility index (Phi) is 10.4. The monoisotopic (exact) mass is 411 g/mol. The van der Waals surface area contributed by atoms with Crippen molar-refractivity contribution in [1.29, 1.82) is 0 Å². The van der Waals surface area contributed by atoms with Crippen molar-refractivity contribution in [2.75, 3.05) is 46.6 Å². The number of hydrogen-bond donors (Lipinski definition) is 2. The summed E-state index contributed by atoms with van der Waals surface area (Å²) in [6.07, 6.45) is 6.26. The molecule has 1 aliphatic heterocycles. The van der Waals surface area contributed by atoms with E-state index in [0.717, 1.165) is 64.2 Å². The summed E-state index contributed by atoms with van der Waals surface area (Å²) in [4.78, 5) is 4.22. The van der Waals surface area contributed by atoms with Gasteiger partial charge in [-0.1, -0.05) is 12.8 Å². The van der Waals surface area contributed by atoms with Crippen molar-refractivity contribution in [3.63, 3.8) is 0 Å². The van der Waals surface area contributed by atoms with Gasteiger partial charge < -0.3 is 20.1 Å². The highest BCUT2D eigenvalue weighted by molar-refractivity contribution is 14.0. The number of nitrogens with one attached hydrogen (secondary N) is 2. The molecule has 0 aromatic rings. The Morgan fingerprint density at radius 3 is 2.67 bits per heavy atom. The van der Waals surface area contributed by atoms with Crippen LogP contribution in [0.1, 0.15) is 32.1 Å². The van der Waals surface area contributed by atoms with E-state index in [4.69, 9.17) is 9.47 Å². The summed E-state index contributed by atoms with van der Waals surface area (Å²) in [7, 11) is 1.82. The molecular formula is C15H30IN3O2. The van der Waals surface area contributed by atoms with Gasteiger partial charge >= 0.3 is 0 Å². The van der Waals surface area contributed by atoms with Crippen LogP contribution in [0.3, 0.4) is 0 Å². The minimum atomic E-state index is 0. The molecule has 0 aromatic carbocycles. The Balaban J connectivity index is 0.00000220. The molecule has 0 spiro atoms. The second-order valence-electron chi connectivity index (χ2n) is 5.82. The van der Waals surface area contributed by atoms with Crippen LogP contribution in [0.15, 0.2) is 4.99 Å². The zero-order chi connectivity index (χ0) is 14.0. The van der Waals surface area contributed by atoms with Gasteiger partial charge in [0.15, 0.2) is 5.96 Å². The van der Waals surface area contributed by atoms with Gasteiger partial charge in [-0.25, -0.2) is 0 Å². The predicted molar refractivity (Wildman–Crippen MR) is 96.5 cm³/mol. The molecule has 0 bridgehead atoms. The molecule has 1 atom stereocenters. The third kappa shape index (κ3) is 8.83. The van der Waals surface area contributed by atoms with E-state index in [1.54, 1.807) is 0 Å². The third-order valence-corrected chi connectivity index (χ3v) is 3.90. The van der Waals surface area contributed by atoms with Crippen molar-refractivity contribution in [3.05, 3.63) is 0 Å². The highest BCUT2D eigenvalue weighted by Gasteiger charge is 2.20. The molecule has 1 saturated heterocycles. The van der Waals surface area contributed by atoms with Crippen LogP contribution in [0, 0.1) is 11.8 Å². The fourth-order valence-corrected chi connectivity index (χ4v) is 2.37. The Bertz CT molecular complexity index is 293. The topological polar surface area (TPSA) is 54.9 Å². The lowest BCUT2D eigenvalue weighted by Gasteiger charge is -2.12. The molecule has 1 unspecified atom stereocenters. The van der Waals surface area contributed by atoms with Gasteiger partial charge in [-0.3, -0.25) is 4.99 Å². The van der Waals surface area contributed by atoms with Crippen LogP contribution in [0.4, 0.5) is 0 Å². The second-order valence-corrected chi connectivity index (χ2v) is 5.82. The average Bonchev–Trinajstić information content (AvgIpc) is 3.14. The van der Waals surface area contributed by atoms with Gasteiger partial charge in [0.2, 0.25) is 0 Å². The summed E-state index contributed by atoms with van der Waals surface area (Å²) in [6.45, 7) is 5.36. The first-order chi connectivity index (χ1) is 9.88. The van der Waals surface area contributed by atoms with Gasteiger partial charge in [-0.15, -0.1) is 24.0 Å². The molecule has 0 amide bonds. The van der Waals surface area contributed by atoms with Crippen molar-refractivity contribution >= 4 is 29.9 Å². The standard InChI is InChI=1S/C15H29N3O2.HI/c1-16-15(18-8-5-13-3-4-13)17-7-2-9-19-11-14-6-10-20-12-14;/h13-14H,2-12H2,1H3,(H2,16,17,18);1H. The number of ether oxygens (including phenoxy) is 2. The van der Waals surface area contributed by atoms with Crippen LogP contribution in [-0.2, 0) is 9.47 Å². The van der Waals surface area contributed by atoms with Crippen LogP contribution in [0.2, 0.25) is 0 Å². The lowest BCUT2D eigenvalue weighted by atomic mass is 10.1. The molecule has 124 valence electrons. The predicted octanol–water partition coefficient (Wildman–Crippen LogP) is 2.01. The van der Waals surface area contributed by atoms with Gasteiger partial charge in [-0.05, 0) is 25.2 Å². The van der Waals surface area contributed by atoms with Crippen LogP contribution in [-0.4, -0.2) is 52.5 Å². The number of halogens is 1. The number of hydrogen-bond acceptors (Lipinski definition) is 3. The highest BCUT2D eigenvalue weighted by atomic mass is 127. The van der Waals surface area contributed by atoms with E-state index in [0.29, 0.717) is 5.92 Å². The fraction of sp³-hybridized carbons (Fsp3) is 0.933. The molecule has 6 heteroatoms. The molecule has 1 aliphatic carbocycles. The second kappa shape index (κ2) is 11.5. The van der Waals surface area contributed by atoms with E-state index >= 15 is 0 Å². The molecular weight excluding hydrogens is 381 g/mol. The smallest absolute Gasteiger partial charge is 0.190 e. The maximum Gasteiger partial charge on any atom is 0.190 e. The van der Waals surface area contributed by atoms with Crippen LogP contribution in [0.5, 0.6) is 0 Å². The Hall–Kier alpha value is -0.0800. The molecule has 2 N–H and O–H groups in total. The van der Waals surface area contributed by atoms with Crippen molar-refractivity contribution in [2.45, 2.75) is 32.1 Å². The zero-order valence-electron chi connectivity index (χ0n) is 13.1. The van der Waals surface area contributed by atoms with Crippen LogP contribution in [0.25, 0.3) is 0 Å². The molecule has 1 heterocycles. The molecule has 5 nitrogen and oxygen atoms in total. The van der Waals surface area contributed by atoms with Gasteiger partial charge in [-0.2, -0.15) is 0 Å². The summed E-state index contributed by atoms with van der Waals surface area (Å²) < 4.78 is 11.0. The highest BCUT2D eigenvalue weighted by Crippen LogP contribution is 2.31. The minimum absolute atomic E-state index is 0. The largest absolute Gasteiger partial charge is 0.381 e. The molecule has 2 fully saturated rings. The number of aliphatic imine (C=N–C) groups is 1. The van der Waals surface area contributed by atoms with E-state index < -0.39 is 0 Å². The van der Waals surface area contributed by atoms with Gasteiger partial charge in [0.1, 0.15) is 0 Å². The molecule has 2 aliphatic rings.